The highest BCUT2D eigenvalue weighted by molar-refractivity contribution is 7.91. The lowest BCUT2D eigenvalue weighted by atomic mass is 9.70. The summed E-state index contributed by atoms with van der Waals surface area (Å²) in [6, 6.07) is 13.6. The molecule has 0 aliphatic heterocycles. The Morgan fingerprint density at radius 3 is 2.64 bits per heavy atom. The summed E-state index contributed by atoms with van der Waals surface area (Å²) in [6.45, 7) is 3.52. The molecule has 0 spiro atoms. The maximum atomic E-state index is 13.6. The number of carbonyl (C=O) groups is 2. The minimum Gasteiger partial charge on any atom is -0.321 e. The summed E-state index contributed by atoms with van der Waals surface area (Å²) in [4.78, 5) is 35.5. The average molecular weight is 503 g/mol. The van der Waals surface area contributed by atoms with Crippen molar-refractivity contribution in [2.24, 2.45) is 0 Å². The SMILES string of the molecule is CCS(=O)(=O)c1ccc(CC(=O)Nc2ccc3c(n2)CCC(C)(c2nccn4cccc24)C3=O)cc1. The first kappa shape index (κ1) is 23.9. The minimum absolute atomic E-state index is 0.0250. The lowest BCUT2D eigenvalue weighted by molar-refractivity contribution is -0.115. The van der Waals surface area contributed by atoms with E-state index in [1.54, 1.807) is 37.4 Å². The normalized spacial score (nSPS) is 17.7. The van der Waals surface area contributed by atoms with Gasteiger partial charge in [0.25, 0.3) is 0 Å². The van der Waals surface area contributed by atoms with E-state index >= 15 is 0 Å². The summed E-state index contributed by atoms with van der Waals surface area (Å²) in [6.07, 6.45) is 6.73. The van der Waals surface area contributed by atoms with Crippen LogP contribution in [0.1, 0.15) is 47.6 Å². The smallest absolute Gasteiger partial charge is 0.229 e. The summed E-state index contributed by atoms with van der Waals surface area (Å²) in [5.41, 5.74) is 2.79. The molecule has 0 radical (unpaired) electrons. The zero-order valence-corrected chi connectivity index (χ0v) is 20.9. The molecule has 1 aliphatic rings. The van der Waals surface area contributed by atoms with E-state index in [9.17, 15) is 18.0 Å². The van der Waals surface area contributed by atoms with E-state index in [-0.39, 0.29) is 28.8 Å². The Hall–Kier alpha value is -3.85. The van der Waals surface area contributed by atoms with Crippen LogP contribution < -0.4 is 5.32 Å². The lowest BCUT2D eigenvalue weighted by Crippen LogP contribution is -2.39. The number of hydrogen-bond donors (Lipinski definition) is 1. The molecule has 3 heterocycles. The fourth-order valence-electron chi connectivity index (χ4n) is 4.72. The van der Waals surface area contributed by atoms with Crippen molar-refractivity contribution in [3.8, 4) is 0 Å². The molecule has 184 valence electrons. The number of fused-ring (bicyclic) bond motifs is 2. The lowest BCUT2D eigenvalue weighted by Gasteiger charge is -2.32. The molecule has 36 heavy (non-hydrogen) atoms. The molecule has 1 atom stereocenters. The quantitative estimate of drug-likeness (QED) is 0.430. The first-order valence-electron chi connectivity index (χ1n) is 11.8. The molecule has 0 saturated carbocycles. The van der Waals surface area contributed by atoms with Crippen molar-refractivity contribution in [3.63, 3.8) is 0 Å². The standard InChI is InChI=1S/C27H26N4O4S/c1-3-36(34,35)19-8-6-18(7-9-19)17-24(32)30-23-11-10-20-21(29-23)12-13-27(2,26(20)33)25-22-5-4-15-31(22)16-14-28-25/h4-11,14-16H,3,12-13,17H2,1-2H3,(H,29,30,32). The Morgan fingerprint density at radius 1 is 1.11 bits per heavy atom. The van der Waals surface area contributed by atoms with E-state index < -0.39 is 15.3 Å². The van der Waals surface area contributed by atoms with E-state index in [0.29, 0.717) is 35.5 Å². The van der Waals surface area contributed by atoms with Crippen LogP contribution in [-0.2, 0) is 32.9 Å². The van der Waals surface area contributed by atoms with Gasteiger partial charge in [-0.1, -0.05) is 19.1 Å². The van der Waals surface area contributed by atoms with Gasteiger partial charge in [0, 0.05) is 24.2 Å². The number of amides is 1. The van der Waals surface area contributed by atoms with Crippen molar-refractivity contribution in [1.82, 2.24) is 14.4 Å². The third-order valence-electron chi connectivity index (χ3n) is 6.85. The molecule has 1 N–H and O–H groups in total. The van der Waals surface area contributed by atoms with Gasteiger partial charge >= 0.3 is 0 Å². The Kier molecular flexibility index (Phi) is 5.96. The largest absolute Gasteiger partial charge is 0.321 e. The van der Waals surface area contributed by atoms with Crippen LogP contribution in [0.4, 0.5) is 5.82 Å². The van der Waals surface area contributed by atoms with E-state index in [2.05, 4.69) is 15.3 Å². The zero-order valence-electron chi connectivity index (χ0n) is 20.1. The number of benzene rings is 1. The molecular formula is C27H26N4O4S. The van der Waals surface area contributed by atoms with Gasteiger partial charge in [-0.3, -0.25) is 14.6 Å². The summed E-state index contributed by atoms with van der Waals surface area (Å²) >= 11 is 0. The van der Waals surface area contributed by atoms with Crippen LogP contribution in [0.15, 0.2) is 72.0 Å². The number of nitrogens with one attached hydrogen (secondary N) is 1. The van der Waals surface area contributed by atoms with Crippen molar-refractivity contribution in [2.75, 3.05) is 11.1 Å². The number of carbonyl (C=O) groups excluding carboxylic acids is 2. The van der Waals surface area contributed by atoms with Gasteiger partial charge in [-0.25, -0.2) is 13.4 Å². The van der Waals surface area contributed by atoms with Gasteiger partial charge in [-0.05, 0) is 61.7 Å². The van der Waals surface area contributed by atoms with Crippen molar-refractivity contribution in [2.45, 2.75) is 43.4 Å². The second kappa shape index (κ2) is 8.98. The number of nitrogens with zero attached hydrogens (tertiary/aromatic N) is 3. The zero-order chi connectivity index (χ0) is 25.5. The average Bonchev–Trinajstić information content (AvgIpc) is 3.36. The molecule has 1 aromatic carbocycles. The molecule has 3 aromatic heterocycles. The number of rotatable bonds is 6. The molecule has 5 rings (SSSR count). The topological polar surface area (TPSA) is 110 Å². The third kappa shape index (κ3) is 4.19. The van der Waals surface area contributed by atoms with Crippen molar-refractivity contribution in [1.29, 1.82) is 0 Å². The summed E-state index contributed by atoms with van der Waals surface area (Å²) in [5, 5.41) is 2.79. The van der Waals surface area contributed by atoms with E-state index in [1.807, 2.05) is 35.9 Å². The number of ketones is 1. The summed E-state index contributed by atoms with van der Waals surface area (Å²) in [7, 11) is -3.28. The highest BCUT2D eigenvalue weighted by atomic mass is 32.2. The Balaban J connectivity index is 1.32. The first-order valence-corrected chi connectivity index (χ1v) is 13.4. The van der Waals surface area contributed by atoms with Crippen LogP contribution in [0.5, 0.6) is 0 Å². The van der Waals surface area contributed by atoms with Crippen LogP contribution >= 0.6 is 0 Å². The fourth-order valence-corrected chi connectivity index (χ4v) is 5.61. The molecule has 1 aliphatic carbocycles. The van der Waals surface area contributed by atoms with Crippen molar-refractivity contribution < 1.29 is 18.0 Å². The first-order chi connectivity index (χ1) is 17.2. The van der Waals surface area contributed by atoms with Gasteiger partial charge < -0.3 is 9.72 Å². The number of pyridine rings is 1. The highest BCUT2D eigenvalue weighted by Crippen LogP contribution is 2.39. The number of aryl methyl sites for hydroxylation is 1. The van der Waals surface area contributed by atoms with Gasteiger partial charge in [-0.2, -0.15) is 0 Å². The Morgan fingerprint density at radius 2 is 1.89 bits per heavy atom. The Bertz CT molecular complexity index is 1590. The maximum Gasteiger partial charge on any atom is 0.229 e. The maximum absolute atomic E-state index is 13.6. The Labute approximate surface area is 209 Å². The van der Waals surface area contributed by atoms with Crippen LogP contribution in [0.25, 0.3) is 5.52 Å². The van der Waals surface area contributed by atoms with E-state index in [4.69, 9.17) is 0 Å². The third-order valence-corrected chi connectivity index (χ3v) is 8.60. The number of Topliss-reactive ketones (excluding diaryl/α,β-unsaturated/α-hetero) is 1. The second-order valence-electron chi connectivity index (χ2n) is 9.20. The summed E-state index contributed by atoms with van der Waals surface area (Å²) < 4.78 is 25.9. The molecule has 9 heteroatoms. The summed E-state index contributed by atoms with van der Waals surface area (Å²) in [5.74, 6) is 0.104. The highest BCUT2D eigenvalue weighted by Gasteiger charge is 2.42. The molecule has 1 amide bonds. The van der Waals surface area contributed by atoms with E-state index in [0.717, 1.165) is 11.2 Å². The minimum atomic E-state index is -3.28. The van der Waals surface area contributed by atoms with Crippen molar-refractivity contribution in [3.05, 3.63) is 89.6 Å². The van der Waals surface area contributed by atoms with Gasteiger partial charge in [-0.15, -0.1) is 0 Å². The van der Waals surface area contributed by atoms with Gasteiger partial charge in [0.1, 0.15) is 5.82 Å². The van der Waals surface area contributed by atoms with Gasteiger partial charge in [0.15, 0.2) is 15.6 Å². The monoisotopic (exact) mass is 502 g/mol. The number of anilines is 1. The molecule has 1 unspecified atom stereocenters. The van der Waals surface area contributed by atoms with E-state index in [1.165, 1.54) is 12.1 Å². The van der Waals surface area contributed by atoms with Crippen LogP contribution in [0.2, 0.25) is 0 Å². The number of hydrogen-bond acceptors (Lipinski definition) is 6. The van der Waals surface area contributed by atoms with Gasteiger partial charge in [0.2, 0.25) is 5.91 Å². The molecule has 4 aromatic rings. The molecular weight excluding hydrogens is 476 g/mol. The molecule has 0 saturated heterocycles. The van der Waals surface area contributed by atoms with Crippen LogP contribution in [0, 0.1) is 0 Å². The fraction of sp³-hybridized carbons (Fsp3) is 0.259. The van der Waals surface area contributed by atoms with Crippen LogP contribution in [-0.4, -0.2) is 40.2 Å². The van der Waals surface area contributed by atoms with Gasteiger partial charge in [0.05, 0.1) is 39.4 Å². The van der Waals surface area contributed by atoms with Crippen LogP contribution in [0.3, 0.4) is 0 Å². The predicted octanol–water partition coefficient (Wildman–Crippen LogP) is 3.79. The number of sulfone groups is 1. The number of aromatic nitrogens is 3. The molecule has 0 fully saturated rings. The molecule has 8 nitrogen and oxygen atoms in total. The predicted molar refractivity (Wildman–Crippen MR) is 136 cm³/mol. The molecule has 0 bridgehead atoms. The second-order valence-corrected chi connectivity index (χ2v) is 11.5. The van der Waals surface area contributed by atoms with Crippen molar-refractivity contribution >= 4 is 32.9 Å².